The number of aliphatic hydroxyl groups excluding tert-OH is 1. The number of nitrogens with zero attached hydrogens (tertiary/aromatic N) is 1. The molecule has 12 heavy (non-hydrogen) atoms. The van der Waals surface area contributed by atoms with Crippen molar-refractivity contribution >= 4 is 0 Å². The van der Waals surface area contributed by atoms with Crippen LogP contribution in [0.25, 0.3) is 0 Å². The summed E-state index contributed by atoms with van der Waals surface area (Å²) in [5.41, 5.74) is 0. The first-order valence-corrected chi connectivity index (χ1v) is 4.26. The zero-order valence-electron chi connectivity index (χ0n) is 7.69. The molecule has 0 aliphatic carbocycles. The quantitative estimate of drug-likeness (QED) is 0.638. The molecule has 1 aliphatic heterocycles. The van der Waals surface area contributed by atoms with Crippen LogP contribution in [0.15, 0.2) is 0 Å². The largest absolute Gasteiger partial charge is 0.382 e. The third-order valence-electron chi connectivity index (χ3n) is 2.05. The topological polar surface area (TPSA) is 41.9 Å². The van der Waals surface area contributed by atoms with Gasteiger partial charge in [-0.05, 0) is 6.92 Å². The molecule has 0 bridgehead atoms. The Morgan fingerprint density at radius 1 is 1.75 bits per heavy atom. The van der Waals surface area contributed by atoms with E-state index < -0.39 is 0 Å². The predicted octanol–water partition coefficient (Wildman–Crippen LogP) is -0.328. The highest BCUT2D eigenvalue weighted by molar-refractivity contribution is 4.71. The molecule has 4 heteroatoms. The molecule has 0 radical (unpaired) electrons. The third kappa shape index (κ3) is 2.71. The monoisotopic (exact) mass is 175 g/mol. The van der Waals surface area contributed by atoms with E-state index in [1.807, 2.05) is 4.90 Å². The first kappa shape index (κ1) is 9.92. The molecule has 0 amide bonds. The van der Waals surface area contributed by atoms with E-state index in [-0.39, 0.29) is 12.3 Å². The van der Waals surface area contributed by atoms with E-state index in [4.69, 9.17) is 9.47 Å². The van der Waals surface area contributed by atoms with Crippen LogP contribution in [0.5, 0.6) is 0 Å². The van der Waals surface area contributed by atoms with E-state index in [0.29, 0.717) is 13.2 Å². The van der Waals surface area contributed by atoms with Gasteiger partial charge in [0.25, 0.3) is 0 Å². The molecule has 1 aliphatic rings. The summed E-state index contributed by atoms with van der Waals surface area (Å²) in [6.07, 6.45) is -0.272. The summed E-state index contributed by atoms with van der Waals surface area (Å²) in [6, 6.07) is 0. The van der Waals surface area contributed by atoms with Gasteiger partial charge >= 0.3 is 0 Å². The summed E-state index contributed by atoms with van der Waals surface area (Å²) in [4.78, 5) is 1.98. The van der Waals surface area contributed by atoms with Gasteiger partial charge in [-0.25, -0.2) is 0 Å². The van der Waals surface area contributed by atoms with Crippen LogP contribution in [0.1, 0.15) is 6.92 Å². The molecule has 72 valence electrons. The smallest absolute Gasteiger partial charge is 0.104 e. The van der Waals surface area contributed by atoms with E-state index in [9.17, 15) is 5.11 Å². The van der Waals surface area contributed by atoms with Crippen LogP contribution in [0.2, 0.25) is 0 Å². The number of ether oxygens (including phenoxy) is 2. The molecule has 4 nitrogen and oxygen atoms in total. The number of morpholine rings is 1. The molecule has 1 heterocycles. The van der Waals surface area contributed by atoms with Gasteiger partial charge in [0.1, 0.15) is 6.23 Å². The first-order valence-electron chi connectivity index (χ1n) is 4.26. The third-order valence-corrected chi connectivity index (χ3v) is 2.05. The van der Waals surface area contributed by atoms with Gasteiger partial charge < -0.3 is 14.6 Å². The van der Waals surface area contributed by atoms with E-state index in [0.717, 1.165) is 13.1 Å². The minimum atomic E-state index is -0.381. The lowest BCUT2D eigenvalue weighted by Crippen LogP contribution is -2.48. The molecule has 2 unspecified atom stereocenters. The second kappa shape index (κ2) is 4.77. The standard InChI is InChI=1S/C8H17NO3/c1-7(10)9-3-4-12-8(5-9)6-11-2/h7-8,10H,3-6H2,1-2H3. The van der Waals surface area contributed by atoms with Gasteiger partial charge in [-0.2, -0.15) is 0 Å². The van der Waals surface area contributed by atoms with Crippen molar-refractivity contribution in [2.45, 2.75) is 19.3 Å². The van der Waals surface area contributed by atoms with Crippen molar-refractivity contribution in [2.24, 2.45) is 0 Å². The van der Waals surface area contributed by atoms with Crippen LogP contribution in [0.4, 0.5) is 0 Å². The highest BCUT2D eigenvalue weighted by Gasteiger charge is 2.22. The number of aliphatic hydroxyl groups is 1. The molecule has 1 N–H and O–H groups in total. The van der Waals surface area contributed by atoms with Crippen molar-refractivity contribution in [1.82, 2.24) is 4.90 Å². The van der Waals surface area contributed by atoms with Crippen LogP contribution in [0, 0.1) is 0 Å². The fraction of sp³-hybridized carbons (Fsp3) is 1.00. The minimum absolute atomic E-state index is 0.110. The second-order valence-electron chi connectivity index (χ2n) is 3.07. The maximum absolute atomic E-state index is 9.29. The van der Waals surface area contributed by atoms with Crippen molar-refractivity contribution < 1.29 is 14.6 Å². The van der Waals surface area contributed by atoms with Gasteiger partial charge in [0.05, 0.1) is 19.3 Å². The summed E-state index contributed by atoms with van der Waals surface area (Å²) in [5, 5.41) is 9.29. The normalized spacial score (nSPS) is 28.8. The van der Waals surface area contributed by atoms with E-state index in [1.54, 1.807) is 14.0 Å². The lowest BCUT2D eigenvalue weighted by Gasteiger charge is -2.34. The Morgan fingerprint density at radius 2 is 2.50 bits per heavy atom. The Labute approximate surface area is 73.1 Å². The summed E-state index contributed by atoms with van der Waals surface area (Å²) in [7, 11) is 1.66. The molecule has 0 aromatic heterocycles. The maximum atomic E-state index is 9.29. The molecule has 0 aromatic rings. The van der Waals surface area contributed by atoms with E-state index >= 15 is 0 Å². The van der Waals surface area contributed by atoms with E-state index in [1.165, 1.54) is 0 Å². The van der Waals surface area contributed by atoms with Gasteiger partial charge in [0, 0.05) is 20.2 Å². The Bertz CT molecular complexity index is 127. The zero-order valence-corrected chi connectivity index (χ0v) is 7.69. The van der Waals surface area contributed by atoms with Crippen LogP contribution in [-0.4, -0.2) is 55.8 Å². The van der Waals surface area contributed by atoms with Crippen LogP contribution >= 0.6 is 0 Å². The van der Waals surface area contributed by atoms with Crippen molar-refractivity contribution in [2.75, 3.05) is 33.4 Å². The number of hydrogen-bond donors (Lipinski definition) is 1. The van der Waals surface area contributed by atoms with Gasteiger partial charge in [-0.3, -0.25) is 4.90 Å². The Kier molecular flexibility index (Phi) is 3.94. The second-order valence-corrected chi connectivity index (χ2v) is 3.07. The zero-order chi connectivity index (χ0) is 8.97. The van der Waals surface area contributed by atoms with Crippen molar-refractivity contribution in [3.05, 3.63) is 0 Å². The van der Waals surface area contributed by atoms with Gasteiger partial charge in [0.15, 0.2) is 0 Å². The van der Waals surface area contributed by atoms with Gasteiger partial charge in [0.2, 0.25) is 0 Å². The van der Waals surface area contributed by atoms with Gasteiger partial charge in [-0.1, -0.05) is 0 Å². The predicted molar refractivity (Wildman–Crippen MR) is 44.9 cm³/mol. The summed E-state index contributed by atoms with van der Waals surface area (Å²) in [6.45, 7) is 4.61. The molecule has 0 saturated carbocycles. The Balaban J connectivity index is 2.30. The molecule has 0 spiro atoms. The summed E-state index contributed by atoms with van der Waals surface area (Å²) in [5.74, 6) is 0. The van der Waals surface area contributed by atoms with Crippen LogP contribution in [0.3, 0.4) is 0 Å². The van der Waals surface area contributed by atoms with Crippen molar-refractivity contribution in [3.8, 4) is 0 Å². The van der Waals surface area contributed by atoms with Crippen molar-refractivity contribution in [3.63, 3.8) is 0 Å². The number of methoxy groups -OCH3 is 1. The van der Waals surface area contributed by atoms with Crippen LogP contribution in [-0.2, 0) is 9.47 Å². The molecular formula is C8H17NO3. The minimum Gasteiger partial charge on any atom is -0.382 e. The number of rotatable bonds is 3. The van der Waals surface area contributed by atoms with E-state index in [2.05, 4.69) is 0 Å². The number of hydrogen-bond acceptors (Lipinski definition) is 4. The fourth-order valence-corrected chi connectivity index (χ4v) is 1.37. The molecule has 2 atom stereocenters. The van der Waals surface area contributed by atoms with Crippen LogP contribution < -0.4 is 0 Å². The lowest BCUT2D eigenvalue weighted by atomic mass is 10.3. The average molecular weight is 175 g/mol. The Morgan fingerprint density at radius 3 is 3.08 bits per heavy atom. The van der Waals surface area contributed by atoms with Gasteiger partial charge in [-0.15, -0.1) is 0 Å². The Hall–Kier alpha value is -0.160. The summed E-state index contributed by atoms with van der Waals surface area (Å²) < 4.78 is 10.4. The SMILES string of the molecule is COCC1CN(C(C)O)CCO1. The molecule has 0 aromatic carbocycles. The molecule has 1 saturated heterocycles. The highest BCUT2D eigenvalue weighted by atomic mass is 16.5. The highest BCUT2D eigenvalue weighted by Crippen LogP contribution is 2.07. The molecule has 1 fully saturated rings. The average Bonchev–Trinajstić information content (AvgIpc) is 2.05. The summed E-state index contributed by atoms with van der Waals surface area (Å²) >= 11 is 0. The van der Waals surface area contributed by atoms with Crippen molar-refractivity contribution in [1.29, 1.82) is 0 Å². The molecular weight excluding hydrogens is 158 g/mol. The first-order chi connectivity index (χ1) is 5.74. The lowest BCUT2D eigenvalue weighted by molar-refractivity contribution is -0.104. The maximum Gasteiger partial charge on any atom is 0.104 e. The fourth-order valence-electron chi connectivity index (χ4n) is 1.37. The molecule has 1 rings (SSSR count).